The van der Waals surface area contributed by atoms with Gasteiger partial charge < -0.3 is 166 Å². The molecule has 712 valence electrons. The molecule has 0 aliphatic heterocycles. The minimum atomic E-state index is -1.00. The van der Waals surface area contributed by atoms with Gasteiger partial charge in [-0.05, 0) is 12.8 Å². The lowest BCUT2D eigenvalue weighted by Crippen LogP contribution is -2.16. The van der Waals surface area contributed by atoms with Gasteiger partial charge in [0.15, 0.2) is 5.12 Å². The lowest BCUT2D eigenvalue weighted by Gasteiger charge is -2.09. The summed E-state index contributed by atoms with van der Waals surface area (Å²) >= 11 is 1.44. The summed E-state index contributed by atoms with van der Waals surface area (Å²) in [6, 6.07) is 0. The molecule has 0 saturated carbocycles. The van der Waals surface area contributed by atoms with Crippen LogP contribution in [0.25, 0.3) is 0 Å². The number of hydrogen-bond acceptors (Lipinski definition) is 37. The van der Waals surface area contributed by atoms with E-state index < -0.39 is 5.97 Å². The van der Waals surface area contributed by atoms with Crippen LogP contribution in [0.5, 0.6) is 0 Å². The highest BCUT2D eigenvalue weighted by molar-refractivity contribution is 8.13. The molecule has 0 bridgehead atoms. The summed E-state index contributed by atoms with van der Waals surface area (Å²) in [7, 11) is 0. The number of aliphatic carboxylic acids is 1. The van der Waals surface area contributed by atoms with E-state index in [-0.39, 0.29) is 18.3 Å². The summed E-state index contributed by atoms with van der Waals surface area (Å²) < 4.78 is 187. The Kier molecular flexibility index (Phi) is 110. The highest BCUT2D eigenvalue weighted by Crippen LogP contribution is 2.12. The number of ether oxygens (including phenoxy) is 34. The van der Waals surface area contributed by atoms with Crippen molar-refractivity contribution in [3.8, 4) is 0 Å². The van der Waals surface area contributed by atoms with E-state index in [0.29, 0.717) is 429 Å². The van der Waals surface area contributed by atoms with E-state index in [9.17, 15) is 9.59 Å². The van der Waals surface area contributed by atoms with E-state index in [1.165, 1.54) is 56.7 Å². The van der Waals surface area contributed by atoms with Crippen molar-refractivity contribution in [2.45, 2.75) is 64.7 Å². The van der Waals surface area contributed by atoms with Crippen LogP contribution in [-0.4, -0.2) is 471 Å². The fourth-order valence-corrected chi connectivity index (χ4v) is 9.81. The van der Waals surface area contributed by atoms with Crippen LogP contribution in [0.2, 0.25) is 0 Å². The van der Waals surface area contributed by atoms with Gasteiger partial charge in [-0.3, -0.25) is 4.79 Å². The lowest BCUT2D eigenvalue weighted by atomic mass is 10.1. The average Bonchev–Trinajstić information content (AvgIpc) is 2.27. The molecule has 38 heteroatoms. The first-order chi connectivity index (χ1) is 59.1. The molecule has 0 aliphatic rings. The van der Waals surface area contributed by atoms with Gasteiger partial charge in [0, 0.05) is 19.3 Å². The third-order valence-corrected chi connectivity index (χ3v) is 16.1. The summed E-state index contributed by atoms with van der Waals surface area (Å²) in [5.41, 5.74) is 0. The van der Waals surface area contributed by atoms with E-state index in [0.717, 1.165) is 25.2 Å². The molecule has 0 unspecified atom stereocenters. The van der Waals surface area contributed by atoms with Gasteiger partial charge in [0.1, 0.15) is 6.61 Å². The van der Waals surface area contributed by atoms with E-state index in [1.54, 1.807) is 6.92 Å². The molecule has 0 radical (unpaired) electrons. The molecule has 0 atom stereocenters. The Morgan fingerprint density at radius 1 is 0.151 bits per heavy atom. The second kappa shape index (κ2) is 112. The van der Waals surface area contributed by atoms with Crippen molar-refractivity contribution >= 4 is 22.8 Å². The van der Waals surface area contributed by atoms with Crippen LogP contribution in [0, 0.1) is 0 Å². The van der Waals surface area contributed by atoms with Gasteiger partial charge in [0.25, 0.3) is 0 Å². The molecule has 0 spiro atoms. The molecule has 0 aromatic heterocycles. The molecule has 0 aliphatic carbocycles. The first-order valence-corrected chi connectivity index (χ1v) is 44.1. The van der Waals surface area contributed by atoms with Crippen molar-refractivity contribution in [2.75, 3.05) is 455 Å². The predicted octanol–water partition coefficient (Wildman–Crippen LogP) is 4.43. The third-order valence-electron chi connectivity index (χ3n) is 15.2. The van der Waals surface area contributed by atoms with Crippen molar-refractivity contribution < 1.29 is 176 Å². The summed E-state index contributed by atoms with van der Waals surface area (Å²) in [6.07, 6.45) is 11.1. The second-order valence-electron chi connectivity index (χ2n) is 25.2. The minimum absolute atomic E-state index is 0.225. The first kappa shape index (κ1) is 117. The zero-order valence-electron chi connectivity index (χ0n) is 72.7. The Bertz CT molecular complexity index is 1690. The molecule has 119 heavy (non-hydrogen) atoms. The zero-order chi connectivity index (χ0) is 85.1. The Balaban J connectivity index is 3.10. The SMILES string of the molecule is CC(=O)SCCCCCCCCCCCOCCOCCOCCOCCOCCOCCOCCOCCOCCOCCOCCOCCOCCOCCOCCOCCOCCOCCOCCOCCOCCOCCOCCOCCOCCOCCOCCOCCOCCOCCOCCOCCOCCOCC(=O)O. The van der Waals surface area contributed by atoms with Crippen molar-refractivity contribution in [2.24, 2.45) is 0 Å². The Labute approximate surface area is 715 Å². The maximum absolute atomic E-state index is 10.9. The van der Waals surface area contributed by atoms with Crippen molar-refractivity contribution in [1.82, 2.24) is 0 Å². The molecule has 0 heterocycles. The Morgan fingerprint density at radius 2 is 0.252 bits per heavy atom. The van der Waals surface area contributed by atoms with E-state index in [1.807, 2.05) is 0 Å². The number of rotatable bonds is 113. The minimum Gasteiger partial charge on any atom is -0.480 e. The highest BCUT2D eigenvalue weighted by atomic mass is 32.2. The molecule has 0 rings (SSSR count). The number of unbranched alkanes of at least 4 members (excludes halogenated alkanes) is 8. The number of carbonyl (C=O) groups is 2. The normalized spacial score (nSPS) is 11.8. The van der Waals surface area contributed by atoms with Crippen molar-refractivity contribution in [3.05, 3.63) is 0 Å². The van der Waals surface area contributed by atoms with Gasteiger partial charge in [-0.1, -0.05) is 56.7 Å². The number of carboxylic acid groups (broad SMARTS) is 1. The Hall–Kier alpha value is -1.87. The Morgan fingerprint density at radius 3 is 0.370 bits per heavy atom. The monoisotopic (exact) mass is 1760 g/mol. The molecule has 0 amide bonds. The van der Waals surface area contributed by atoms with Crippen LogP contribution in [0.3, 0.4) is 0 Å². The number of carbonyl (C=O) groups excluding carboxylic acids is 1. The van der Waals surface area contributed by atoms with Crippen LogP contribution < -0.4 is 0 Å². The smallest absolute Gasteiger partial charge is 0.329 e. The number of carboxylic acids is 1. The van der Waals surface area contributed by atoms with Crippen molar-refractivity contribution in [3.63, 3.8) is 0 Å². The third kappa shape index (κ3) is 116. The average molecular weight is 1760 g/mol. The van der Waals surface area contributed by atoms with Gasteiger partial charge in [-0.2, -0.15) is 0 Å². The van der Waals surface area contributed by atoms with Crippen LogP contribution in [0.1, 0.15) is 64.7 Å². The molecule has 0 aromatic rings. The highest BCUT2D eigenvalue weighted by Gasteiger charge is 2.05. The van der Waals surface area contributed by atoms with Crippen LogP contribution >= 0.6 is 11.8 Å². The number of hydrogen-bond donors (Lipinski definition) is 1. The van der Waals surface area contributed by atoms with E-state index in [2.05, 4.69) is 0 Å². The van der Waals surface area contributed by atoms with Gasteiger partial charge >= 0.3 is 5.97 Å². The quantitative estimate of drug-likeness (QED) is 0.0823. The second-order valence-corrected chi connectivity index (χ2v) is 26.4. The fraction of sp³-hybridized carbons (Fsp3) is 0.975. The molecule has 0 fully saturated rings. The maximum atomic E-state index is 10.9. The van der Waals surface area contributed by atoms with Gasteiger partial charge in [-0.25, -0.2) is 4.79 Å². The van der Waals surface area contributed by atoms with Gasteiger partial charge in [0.2, 0.25) is 0 Å². The molecule has 37 nitrogen and oxygen atoms in total. The first-order valence-electron chi connectivity index (χ1n) is 43.1. The van der Waals surface area contributed by atoms with Crippen LogP contribution in [0.15, 0.2) is 0 Å². The number of thioether (sulfide) groups is 1. The summed E-state index contributed by atoms with van der Waals surface area (Å²) in [4.78, 5) is 21.3. The van der Waals surface area contributed by atoms with Gasteiger partial charge in [0.05, 0.1) is 436 Å². The van der Waals surface area contributed by atoms with Gasteiger partial charge in [-0.15, -0.1) is 0 Å². The molecular weight excluding hydrogens is 1600 g/mol. The summed E-state index contributed by atoms with van der Waals surface area (Å²) in [5.74, 6) is -0.0383. The topological polar surface area (TPSA) is 368 Å². The summed E-state index contributed by atoms with van der Waals surface area (Å²) in [6.45, 7) is 33.4. The maximum Gasteiger partial charge on any atom is 0.329 e. The summed E-state index contributed by atoms with van der Waals surface area (Å²) in [5, 5.41) is 8.70. The van der Waals surface area contributed by atoms with E-state index >= 15 is 0 Å². The van der Waals surface area contributed by atoms with Crippen molar-refractivity contribution in [1.29, 1.82) is 0 Å². The largest absolute Gasteiger partial charge is 0.480 e. The van der Waals surface area contributed by atoms with E-state index in [4.69, 9.17) is 166 Å². The fourth-order valence-electron chi connectivity index (χ4n) is 9.18. The lowest BCUT2D eigenvalue weighted by molar-refractivity contribution is -0.142. The predicted molar refractivity (Wildman–Crippen MR) is 440 cm³/mol. The standard InChI is InChI=1S/C81H160O37S/c1-80(82)119-78-10-8-6-4-2-3-5-7-9-11-85-12-13-86-14-15-87-16-17-88-18-19-89-20-21-90-22-23-91-24-25-92-26-27-93-28-29-94-30-31-95-32-33-96-34-35-97-36-37-98-38-39-99-40-41-100-42-43-101-44-45-102-46-47-103-48-49-104-50-51-105-52-53-106-54-55-107-56-57-108-58-59-109-60-61-110-62-63-111-64-65-112-66-67-113-68-69-114-70-71-115-72-73-116-74-75-117-76-77-118-79-81(83)84/h2-79H2,1H3,(H,83,84). The molecule has 0 aromatic carbocycles. The molecular formula is C81H160O37S. The molecule has 1 N–H and O–H groups in total. The van der Waals surface area contributed by atoms with Crippen LogP contribution in [0.4, 0.5) is 0 Å². The zero-order valence-corrected chi connectivity index (χ0v) is 73.5. The molecule has 0 saturated heterocycles. The van der Waals surface area contributed by atoms with Crippen LogP contribution in [-0.2, 0) is 171 Å².